The van der Waals surface area contributed by atoms with Crippen LogP contribution in [-0.2, 0) is 0 Å². The zero-order valence-electron chi connectivity index (χ0n) is 27.5. The lowest BCUT2D eigenvalue weighted by Gasteiger charge is -2.26. The smallest absolute Gasteiger partial charge is 0.126 e. The summed E-state index contributed by atoms with van der Waals surface area (Å²) in [7, 11) is 0. The number of aromatic nitrogens is 7. The normalized spacial score (nSPS) is 11.5. The van der Waals surface area contributed by atoms with Crippen molar-refractivity contribution < 1.29 is 0 Å². The van der Waals surface area contributed by atoms with Gasteiger partial charge in [0.15, 0.2) is 0 Å². The lowest BCUT2D eigenvalue weighted by Crippen LogP contribution is -2.09. The van der Waals surface area contributed by atoms with Crippen LogP contribution < -0.4 is 4.90 Å². The molecule has 0 aliphatic carbocycles. The Hall–Kier alpha value is -6.97. The number of anilines is 3. The van der Waals surface area contributed by atoms with E-state index in [1.807, 2.05) is 24.4 Å². The van der Waals surface area contributed by atoms with E-state index in [0.717, 1.165) is 92.8 Å². The van der Waals surface area contributed by atoms with Crippen LogP contribution in [-0.4, -0.2) is 35.3 Å². The average molecular weight is 687 g/mol. The number of rotatable bonds is 6. The van der Waals surface area contributed by atoms with Crippen molar-refractivity contribution in [2.45, 2.75) is 0 Å². The summed E-state index contributed by atoms with van der Waals surface area (Å²) >= 11 is 1.63. The molecule has 0 N–H and O–H groups in total. The summed E-state index contributed by atoms with van der Waals surface area (Å²) in [5.74, 6) is 0. The second-order valence-electron chi connectivity index (χ2n) is 12.4. The van der Waals surface area contributed by atoms with E-state index in [2.05, 4.69) is 151 Å². The molecule has 5 heterocycles. The Labute approximate surface area is 301 Å². The highest BCUT2D eigenvalue weighted by molar-refractivity contribution is 7.25. The maximum atomic E-state index is 4.72. The van der Waals surface area contributed by atoms with Crippen molar-refractivity contribution in [2.24, 2.45) is 0 Å². The van der Waals surface area contributed by atoms with Gasteiger partial charge in [0.05, 0.1) is 39.3 Å². The van der Waals surface area contributed by atoms with Crippen LogP contribution in [0.4, 0.5) is 17.1 Å². The zero-order valence-corrected chi connectivity index (χ0v) is 28.3. The molecule has 5 aromatic carbocycles. The zero-order chi connectivity index (χ0) is 34.4. The molecule has 0 aliphatic heterocycles. The molecule has 0 fully saturated rings. The second kappa shape index (κ2) is 12.4. The third-order valence-electron chi connectivity index (χ3n) is 9.38. The molecule has 0 bridgehead atoms. The van der Waals surface area contributed by atoms with E-state index in [0.29, 0.717) is 0 Å². The lowest BCUT2D eigenvalue weighted by molar-refractivity contribution is 1.08. The topological polar surface area (TPSA) is 93.5 Å². The van der Waals surface area contributed by atoms with Gasteiger partial charge in [-0.15, -0.1) is 11.3 Å². The van der Waals surface area contributed by atoms with Crippen molar-refractivity contribution in [1.82, 2.24) is 35.3 Å². The van der Waals surface area contributed by atoms with Gasteiger partial charge in [0.2, 0.25) is 0 Å². The molecule has 244 valence electrons. The van der Waals surface area contributed by atoms with Crippen LogP contribution in [0.5, 0.6) is 0 Å². The highest BCUT2D eigenvalue weighted by Gasteiger charge is 2.17. The Morgan fingerprint density at radius 1 is 0.462 bits per heavy atom. The minimum Gasteiger partial charge on any atom is -0.311 e. The SMILES string of the molecule is c1cnc2sc3c(-c4ccc(N(c5ccc(-c6ccc7ccnnc7c6)cc5)c5ccc(-c6ccc7ccnnc7c6)cc5)cc4)ncnc3c2c1. The van der Waals surface area contributed by atoms with Crippen LogP contribution in [0.3, 0.4) is 0 Å². The second-order valence-corrected chi connectivity index (χ2v) is 13.4. The van der Waals surface area contributed by atoms with Gasteiger partial charge >= 0.3 is 0 Å². The van der Waals surface area contributed by atoms with Crippen molar-refractivity contribution in [3.63, 3.8) is 0 Å². The standard InChI is InChI=1S/C43H26N8S/c1-2-37-41-42(52-43(37)44-21-1)40(45-26-46-41)31-11-17-36(18-12-31)51(34-13-7-27(8-14-34)32-5-3-29-19-22-47-49-38(29)24-32)35-15-9-28(10-16-35)33-6-4-30-20-23-48-50-39(30)25-33/h1-26H. The van der Waals surface area contributed by atoms with Crippen molar-refractivity contribution in [1.29, 1.82) is 0 Å². The maximum absolute atomic E-state index is 4.72. The predicted molar refractivity (Wildman–Crippen MR) is 210 cm³/mol. The van der Waals surface area contributed by atoms with Crippen LogP contribution in [0, 0.1) is 0 Å². The Bertz CT molecular complexity index is 2780. The summed E-state index contributed by atoms with van der Waals surface area (Å²) < 4.78 is 1.03. The van der Waals surface area contributed by atoms with E-state index in [-0.39, 0.29) is 0 Å². The molecule has 0 spiro atoms. The molecule has 0 unspecified atom stereocenters. The molecule has 0 amide bonds. The first-order chi connectivity index (χ1) is 25.7. The van der Waals surface area contributed by atoms with Crippen molar-refractivity contribution >= 4 is 70.6 Å². The number of fused-ring (bicyclic) bond motifs is 5. The largest absolute Gasteiger partial charge is 0.311 e. The van der Waals surface area contributed by atoms with Crippen LogP contribution in [0.2, 0.25) is 0 Å². The maximum Gasteiger partial charge on any atom is 0.126 e. The molecule has 10 rings (SSSR count). The van der Waals surface area contributed by atoms with Crippen LogP contribution in [0.1, 0.15) is 0 Å². The minimum atomic E-state index is 0.872. The fourth-order valence-electron chi connectivity index (χ4n) is 6.76. The Morgan fingerprint density at radius 2 is 1.00 bits per heavy atom. The van der Waals surface area contributed by atoms with Crippen LogP contribution >= 0.6 is 11.3 Å². The summed E-state index contributed by atoms with van der Waals surface area (Å²) in [5, 5.41) is 20.0. The molecule has 8 nitrogen and oxygen atoms in total. The van der Waals surface area contributed by atoms with Gasteiger partial charge in [0.1, 0.15) is 11.2 Å². The van der Waals surface area contributed by atoms with Crippen molar-refractivity contribution in [3.8, 4) is 33.5 Å². The van der Waals surface area contributed by atoms with E-state index in [1.165, 1.54) is 0 Å². The van der Waals surface area contributed by atoms with Gasteiger partial charge < -0.3 is 4.90 Å². The molecule has 10 aromatic rings. The average Bonchev–Trinajstić information content (AvgIpc) is 3.61. The van der Waals surface area contributed by atoms with E-state index < -0.39 is 0 Å². The lowest BCUT2D eigenvalue weighted by atomic mass is 10.0. The molecule has 0 saturated heterocycles. The molecule has 52 heavy (non-hydrogen) atoms. The first-order valence-electron chi connectivity index (χ1n) is 16.8. The van der Waals surface area contributed by atoms with E-state index in [4.69, 9.17) is 4.98 Å². The summed E-state index contributed by atoms with van der Waals surface area (Å²) in [6.07, 6.45) is 6.90. The summed E-state index contributed by atoms with van der Waals surface area (Å²) in [4.78, 5) is 17.1. The summed E-state index contributed by atoms with van der Waals surface area (Å²) in [5.41, 5.74) is 12.1. The number of thiophene rings is 1. The summed E-state index contributed by atoms with van der Waals surface area (Å²) in [6, 6.07) is 46.4. The van der Waals surface area contributed by atoms with Gasteiger partial charge in [-0.25, -0.2) is 15.0 Å². The quantitative estimate of drug-likeness (QED) is 0.171. The van der Waals surface area contributed by atoms with Crippen LogP contribution in [0.25, 0.3) is 75.8 Å². The molecule has 5 aromatic heterocycles. The third kappa shape index (κ3) is 5.28. The van der Waals surface area contributed by atoms with Gasteiger partial charge in [-0.3, -0.25) is 0 Å². The fraction of sp³-hybridized carbons (Fsp3) is 0. The first-order valence-corrected chi connectivity index (χ1v) is 17.6. The fourth-order valence-corrected chi connectivity index (χ4v) is 7.87. The molecule has 0 aliphatic rings. The van der Waals surface area contributed by atoms with Gasteiger partial charge in [-0.2, -0.15) is 20.4 Å². The van der Waals surface area contributed by atoms with Crippen molar-refractivity contribution in [2.75, 3.05) is 4.90 Å². The predicted octanol–water partition coefficient (Wildman–Crippen LogP) is 10.6. The number of benzene rings is 5. The molecular weight excluding hydrogens is 661 g/mol. The third-order valence-corrected chi connectivity index (χ3v) is 10.5. The highest BCUT2D eigenvalue weighted by atomic mass is 32.1. The molecular formula is C43H26N8S. The number of hydrogen-bond acceptors (Lipinski definition) is 9. The Kier molecular flexibility index (Phi) is 7.14. The van der Waals surface area contributed by atoms with Crippen molar-refractivity contribution in [3.05, 3.63) is 158 Å². The molecule has 0 radical (unpaired) electrons. The van der Waals surface area contributed by atoms with E-state index >= 15 is 0 Å². The van der Waals surface area contributed by atoms with Gasteiger partial charge in [0, 0.05) is 45.0 Å². The Balaban J connectivity index is 1.04. The van der Waals surface area contributed by atoms with Gasteiger partial charge in [-0.05, 0) is 95.1 Å². The van der Waals surface area contributed by atoms with Crippen LogP contribution in [0.15, 0.2) is 158 Å². The minimum absolute atomic E-state index is 0.872. The van der Waals surface area contributed by atoms with E-state index in [1.54, 1.807) is 30.1 Å². The molecule has 0 atom stereocenters. The van der Waals surface area contributed by atoms with E-state index in [9.17, 15) is 0 Å². The number of nitrogens with zero attached hydrogens (tertiary/aromatic N) is 8. The highest BCUT2D eigenvalue weighted by Crippen LogP contribution is 2.40. The number of pyridine rings is 1. The Morgan fingerprint density at radius 3 is 1.58 bits per heavy atom. The monoisotopic (exact) mass is 686 g/mol. The number of hydrogen-bond donors (Lipinski definition) is 0. The molecule has 0 saturated carbocycles. The van der Waals surface area contributed by atoms with Gasteiger partial charge in [-0.1, -0.05) is 60.7 Å². The molecule has 9 heteroatoms. The summed E-state index contributed by atoms with van der Waals surface area (Å²) in [6.45, 7) is 0. The first kappa shape index (κ1) is 29.9. The van der Waals surface area contributed by atoms with Gasteiger partial charge in [0.25, 0.3) is 0 Å².